The first kappa shape index (κ1) is 20.1. The second kappa shape index (κ2) is 8.64. The first-order valence-corrected chi connectivity index (χ1v) is 10.7. The van der Waals surface area contributed by atoms with E-state index in [0.717, 1.165) is 16.3 Å². The number of anilines is 2. The van der Waals surface area contributed by atoms with Crippen molar-refractivity contribution in [1.29, 1.82) is 0 Å². The zero-order valence-corrected chi connectivity index (χ0v) is 17.4. The lowest BCUT2D eigenvalue weighted by Crippen LogP contribution is -2.23. The zero-order valence-electron chi connectivity index (χ0n) is 15.8. The average molecular weight is 440 g/mol. The monoisotopic (exact) mass is 439 g/mol. The summed E-state index contributed by atoms with van der Waals surface area (Å²) in [6.07, 6.45) is 3.60. The smallest absolute Gasteiger partial charge is 0.230 e. The molecule has 0 N–H and O–H groups in total. The third-order valence-electron chi connectivity index (χ3n) is 4.17. The molecule has 0 fully saturated rings. The lowest BCUT2D eigenvalue weighted by Gasteiger charge is -2.18. The predicted octanol–water partition coefficient (Wildman–Crippen LogP) is 6.40. The predicted molar refractivity (Wildman–Crippen MR) is 118 cm³/mol. The van der Waals surface area contributed by atoms with Gasteiger partial charge < -0.3 is 0 Å². The number of amides is 1. The molecule has 0 saturated heterocycles. The highest BCUT2D eigenvalue weighted by molar-refractivity contribution is 7.14. The van der Waals surface area contributed by atoms with Crippen LogP contribution >= 0.6 is 22.7 Å². The maximum Gasteiger partial charge on any atom is 0.230 e. The number of thiazole rings is 2. The molecule has 2 aromatic heterocycles. The standard InChI is InChI=1S/C22H15F2N3OS2/c1-14(28)27(20-5-3-2-4-18(20)24)22-25-17(12-30-22)10-11-21-26-19(13-29-21)15-6-8-16(23)9-7-15/h2-13H,1H3/b11-10+. The van der Waals surface area contributed by atoms with E-state index in [-0.39, 0.29) is 17.4 Å². The van der Waals surface area contributed by atoms with E-state index < -0.39 is 5.82 Å². The van der Waals surface area contributed by atoms with Crippen LogP contribution in [0.1, 0.15) is 17.6 Å². The zero-order chi connectivity index (χ0) is 21.1. The topological polar surface area (TPSA) is 46.1 Å². The maximum absolute atomic E-state index is 14.2. The van der Waals surface area contributed by atoms with Crippen LogP contribution in [0.25, 0.3) is 23.4 Å². The Hall–Kier alpha value is -3.23. The average Bonchev–Trinajstić information content (AvgIpc) is 3.38. The number of para-hydroxylation sites is 1. The quantitative estimate of drug-likeness (QED) is 0.361. The van der Waals surface area contributed by atoms with Gasteiger partial charge in [-0.2, -0.15) is 0 Å². The lowest BCUT2D eigenvalue weighted by molar-refractivity contribution is -0.115. The Bertz CT molecular complexity index is 1220. The largest absolute Gasteiger partial charge is 0.274 e. The van der Waals surface area contributed by atoms with Crippen LogP contribution in [0.4, 0.5) is 19.6 Å². The van der Waals surface area contributed by atoms with Gasteiger partial charge in [0.15, 0.2) is 5.13 Å². The fourth-order valence-corrected chi connectivity index (χ4v) is 4.34. The molecule has 2 heterocycles. The molecule has 4 aromatic rings. The van der Waals surface area contributed by atoms with Gasteiger partial charge >= 0.3 is 0 Å². The van der Waals surface area contributed by atoms with E-state index in [0.29, 0.717) is 10.8 Å². The fraction of sp³-hybridized carbons (Fsp3) is 0.0455. The number of hydrogen-bond acceptors (Lipinski definition) is 5. The van der Waals surface area contributed by atoms with Gasteiger partial charge in [-0.3, -0.25) is 9.69 Å². The Kier molecular flexibility index (Phi) is 5.78. The molecule has 0 aliphatic heterocycles. The Balaban J connectivity index is 1.54. The summed E-state index contributed by atoms with van der Waals surface area (Å²) < 4.78 is 27.2. The first-order chi connectivity index (χ1) is 14.5. The Labute approximate surface area is 179 Å². The summed E-state index contributed by atoms with van der Waals surface area (Å²) in [6.45, 7) is 1.37. The molecule has 4 nitrogen and oxygen atoms in total. The molecule has 0 unspecified atom stereocenters. The molecular formula is C22H15F2N3OS2. The molecule has 30 heavy (non-hydrogen) atoms. The van der Waals surface area contributed by atoms with Crippen LogP contribution in [0.5, 0.6) is 0 Å². The Morgan fingerprint density at radius 2 is 1.73 bits per heavy atom. The van der Waals surface area contributed by atoms with Crippen LogP contribution in [0.3, 0.4) is 0 Å². The third kappa shape index (κ3) is 4.34. The van der Waals surface area contributed by atoms with Crippen LogP contribution in [0, 0.1) is 11.6 Å². The van der Waals surface area contributed by atoms with E-state index in [2.05, 4.69) is 9.97 Å². The van der Waals surface area contributed by atoms with Crippen molar-refractivity contribution in [2.45, 2.75) is 6.92 Å². The van der Waals surface area contributed by atoms with E-state index in [9.17, 15) is 13.6 Å². The number of rotatable bonds is 5. The molecule has 4 rings (SSSR count). The second-order valence-corrected chi connectivity index (χ2v) is 8.00. The normalized spacial score (nSPS) is 11.2. The lowest BCUT2D eigenvalue weighted by atomic mass is 10.2. The molecule has 0 saturated carbocycles. The van der Waals surface area contributed by atoms with E-state index in [1.165, 1.54) is 52.7 Å². The number of benzene rings is 2. The highest BCUT2D eigenvalue weighted by atomic mass is 32.1. The molecule has 2 aromatic carbocycles. The first-order valence-electron chi connectivity index (χ1n) is 8.91. The number of carbonyl (C=O) groups excluding carboxylic acids is 1. The number of halogens is 2. The van der Waals surface area contributed by atoms with Gasteiger partial charge in [-0.25, -0.2) is 18.7 Å². The fourth-order valence-electron chi connectivity index (χ4n) is 2.77. The minimum Gasteiger partial charge on any atom is -0.274 e. The highest BCUT2D eigenvalue weighted by Crippen LogP contribution is 2.31. The molecule has 0 aliphatic rings. The summed E-state index contributed by atoms with van der Waals surface area (Å²) >= 11 is 2.71. The van der Waals surface area contributed by atoms with Gasteiger partial charge in [-0.15, -0.1) is 22.7 Å². The van der Waals surface area contributed by atoms with E-state index in [4.69, 9.17) is 0 Å². The number of aromatic nitrogens is 2. The van der Waals surface area contributed by atoms with Crippen LogP contribution in [-0.4, -0.2) is 15.9 Å². The summed E-state index contributed by atoms with van der Waals surface area (Å²) in [4.78, 5) is 22.3. The van der Waals surface area contributed by atoms with Gasteiger partial charge in [0.2, 0.25) is 5.91 Å². The van der Waals surface area contributed by atoms with Gasteiger partial charge in [-0.1, -0.05) is 12.1 Å². The van der Waals surface area contributed by atoms with Crippen molar-refractivity contribution in [3.63, 3.8) is 0 Å². The van der Waals surface area contributed by atoms with Crippen molar-refractivity contribution in [2.24, 2.45) is 0 Å². The molecular weight excluding hydrogens is 424 g/mol. The summed E-state index contributed by atoms with van der Waals surface area (Å²) in [5.74, 6) is -1.10. The van der Waals surface area contributed by atoms with Crippen LogP contribution in [0.2, 0.25) is 0 Å². The molecule has 1 amide bonds. The van der Waals surface area contributed by atoms with E-state index in [1.54, 1.807) is 41.8 Å². The molecule has 0 atom stereocenters. The van der Waals surface area contributed by atoms with Crippen molar-refractivity contribution in [3.8, 4) is 11.3 Å². The van der Waals surface area contributed by atoms with Crippen molar-refractivity contribution in [3.05, 3.63) is 81.6 Å². The van der Waals surface area contributed by atoms with Gasteiger partial charge in [-0.05, 0) is 48.6 Å². The summed E-state index contributed by atoms with van der Waals surface area (Å²) in [5.41, 5.74) is 2.40. The van der Waals surface area contributed by atoms with Gasteiger partial charge in [0.1, 0.15) is 16.6 Å². The molecule has 0 spiro atoms. The number of carbonyl (C=O) groups is 1. The van der Waals surface area contributed by atoms with E-state index >= 15 is 0 Å². The van der Waals surface area contributed by atoms with Crippen molar-refractivity contribution in [1.82, 2.24) is 9.97 Å². The van der Waals surface area contributed by atoms with Crippen LogP contribution in [0.15, 0.2) is 59.3 Å². The van der Waals surface area contributed by atoms with Gasteiger partial charge in [0.25, 0.3) is 0 Å². The molecule has 150 valence electrons. The SMILES string of the molecule is CC(=O)N(c1nc(/C=C/c2nc(-c3ccc(F)cc3)cs2)cs1)c1ccccc1F. The minimum absolute atomic E-state index is 0.166. The summed E-state index contributed by atoms with van der Waals surface area (Å²) in [6, 6.07) is 12.3. The minimum atomic E-state index is -0.490. The number of nitrogens with zero attached hydrogens (tertiary/aromatic N) is 3. The molecule has 8 heteroatoms. The highest BCUT2D eigenvalue weighted by Gasteiger charge is 2.20. The van der Waals surface area contributed by atoms with Crippen molar-refractivity contribution < 1.29 is 13.6 Å². The van der Waals surface area contributed by atoms with Crippen LogP contribution in [-0.2, 0) is 4.79 Å². The summed E-state index contributed by atoms with van der Waals surface area (Å²) in [5, 5.41) is 4.84. The molecule has 0 radical (unpaired) electrons. The van der Waals surface area contributed by atoms with Crippen molar-refractivity contribution in [2.75, 3.05) is 4.90 Å². The Morgan fingerprint density at radius 3 is 2.47 bits per heavy atom. The van der Waals surface area contributed by atoms with Gasteiger partial charge in [0.05, 0.1) is 17.1 Å². The molecule has 0 aliphatic carbocycles. The summed E-state index contributed by atoms with van der Waals surface area (Å²) in [7, 11) is 0. The maximum atomic E-state index is 14.2. The Morgan fingerprint density at radius 1 is 0.967 bits per heavy atom. The van der Waals surface area contributed by atoms with Crippen LogP contribution < -0.4 is 4.90 Å². The molecule has 0 bridgehead atoms. The second-order valence-electron chi connectivity index (χ2n) is 6.27. The van der Waals surface area contributed by atoms with E-state index in [1.807, 2.05) is 11.5 Å². The van der Waals surface area contributed by atoms with Crippen molar-refractivity contribution >= 4 is 51.6 Å². The third-order valence-corrected chi connectivity index (χ3v) is 5.82. The number of hydrogen-bond donors (Lipinski definition) is 0. The van der Waals surface area contributed by atoms with Gasteiger partial charge in [0, 0.05) is 23.2 Å².